The third-order valence-corrected chi connectivity index (χ3v) is 4.66. The molecule has 0 unspecified atom stereocenters. The van der Waals surface area contributed by atoms with Gasteiger partial charge in [-0.05, 0) is 36.2 Å². The maximum absolute atomic E-state index is 10.7. The second kappa shape index (κ2) is 6.28. The predicted octanol–water partition coefficient (Wildman–Crippen LogP) is 4.54. The van der Waals surface area contributed by atoms with Crippen molar-refractivity contribution < 1.29 is 4.92 Å². The minimum absolute atomic E-state index is 0.0916. The van der Waals surface area contributed by atoms with Crippen LogP contribution < -0.4 is 5.73 Å². The van der Waals surface area contributed by atoms with Crippen LogP contribution in [0.5, 0.6) is 0 Å². The Labute approximate surface area is 129 Å². The van der Waals surface area contributed by atoms with Gasteiger partial charge in [0, 0.05) is 32.9 Å². The lowest BCUT2D eigenvalue weighted by Crippen LogP contribution is -1.91. The van der Waals surface area contributed by atoms with Gasteiger partial charge >= 0.3 is 0 Å². The van der Waals surface area contributed by atoms with Crippen LogP contribution in [0.1, 0.15) is 11.1 Å². The standard InChI is InChI=1S/C14H13BrN2O2S/c1-9-6-12(4-5-14(9)16)20-8-10-2-3-11(17(18)19)7-13(10)15/h2-7H,8,16H2,1H3. The third kappa shape index (κ3) is 3.52. The molecule has 0 amide bonds. The SMILES string of the molecule is Cc1cc(SCc2ccc([N+](=O)[O-])cc2Br)ccc1N. The first-order chi connectivity index (χ1) is 9.47. The molecule has 0 aliphatic carbocycles. The van der Waals surface area contributed by atoms with Crippen LogP contribution in [0.15, 0.2) is 45.8 Å². The normalized spacial score (nSPS) is 10.5. The number of thioether (sulfide) groups is 1. The molecule has 0 spiro atoms. The number of nitrogen functional groups attached to an aromatic ring is 1. The van der Waals surface area contributed by atoms with E-state index in [1.807, 2.05) is 25.1 Å². The first-order valence-corrected chi connectivity index (χ1v) is 7.67. The van der Waals surface area contributed by atoms with Gasteiger partial charge in [-0.3, -0.25) is 10.1 Å². The van der Waals surface area contributed by atoms with Crippen molar-refractivity contribution in [1.29, 1.82) is 0 Å². The molecule has 0 saturated carbocycles. The van der Waals surface area contributed by atoms with Crippen molar-refractivity contribution in [3.05, 3.63) is 62.1 Å². The Balaban J connectivity index is 2.10. The van der Waals surface area contributed by atoms with E-state index in [1.165, 1.54) is 12.1 Å². The van der Waals surface area contributed by atoms with Crippen molar-refractivity contribution in [2.45, 2.75) is 17.6 Å². The van der Waals surface area contributed by atoms with E-state index in [0.717, 1.165) is 31.9 Å². The first-order valence-electron chi connectivity index (χ1n) is 5.89. The average Bonchev–Trinajstić information content (AvgIpc) is 2.41. The Kier molecular flexibility index (Phi) is 4.67. The Morgan fingerprint density at radius 1 is 1.30 bits per heavy atom. The summed E-state index contributed by atoms with van der Waals surface area (Å²) in [6.45, 7) is 1.97. The number of anilines is 1. The molecule has 0 radical (unpaired) electrons. The van der Waals surface area contributed by atoms with Crippen LogP contribution in [0, 0.1) is 17.0 Å². The molecule has 2 N–H and O–H groups in total. The van der Waals surface area contributed by atoms with Gasteiger partial charge in [0.1, 0.15) is 0 Å². The summed E-state index contributed by atoms with van der Waals surface area (Å²) in [4.78, 5) is 11.4. The van der Waals surface area contributed by atoms with Gasteiger partial charge in [-0.2, -0.15) is 0 Å². The molecule has 2 rings (SSSR count). The molecule has 104 valence electrons. The highest BCUT2D eigenvalue weighted by atomic mass is 79.9. The number of nitro benzene ring substituents is 1. The highest BCUT2D eigenvalue weighted by Gasteiger charge is 2.09. The number of rotatable bonds is 4. The molecule has 2 aromatic rings. The lowest BCUT2D eigenvalue weighted by atomic mass is 10.2. The number of hydrogen-bond donors (Lipinski definition) is 1. The molecule has 0 aliphatic rings. The summed E-state index contributed by atoms with van der Waals surface area (Å²) in [6, 6.07) is 10.7. The summed E-state index contributed by atoms with van der Waals surface area (Å²) >= 11 is 5.05. The molecule has 0 saturated heterocycles. The summed E-state index contributed by atoms with van der Waals surface area (Å²) in [7, 11) is 0. The molecule has 0 bridgehead atoms. The molecule has 0 aromatic heterocycles. The monoisotopic (exact) mass is 352 g/mol. The second-order valence-corrected chi connectivity index (χ2v) is 6.24. The zero-order valence-corrected chi connectivity index (χ0v) is 13.2. The molecule has 0 fully saturated rings. The van der Waals surface area contributed by atoms with Crippen LogP contribution >= 0.6 is 27.7 Å². The van der Waals surface area contributed by atoms with E-state index in [4.69, 9.17) is 5.73 Å². The topological polar surface area (TPSA) is 69.2 Å². The van der Waals surface area contributed by atoms with Crippen LogP contribution in [0.4, 0.5) is 11.4 Å². The Bertz CT molecular complexity index is 662. The van der Waals surface area contributed by atoms with Gasteiger partial charge in [0.25, 0.3) is 5.69 Å². The summed E-state index contributed by atoms with van der Waals surface area (Å²) < 4.78 is 0.756. The molecule has 20 heavy (non-hydrogen) atoms. The number of halogens is 1. The summed E-state index contributed by atoms with van der Waals surface area (Å²) in [5, 5.41) is 10.7. The molecule has 0 atom stereocenters. The van der Waals surface area contributed by atoms with Crippen LogP contribution in [0.2, 0.25) is 0 Å². The Morgan fingerprint density at radius 3 is 2.65 bits per heavy atom. The molecular formula is C14H13BrN2O2S. The van der Waals surface area contributed by atoms with E-state index in [1.54, 1.807) is 17.8 Å². The summed E-state index contributed by atoms with van der Waals surface area (Å²) in [5.74, 6) is 0.738. The molecule has 2 aromatic carbocycles. The number of nitro groups is 1. The second-order valence-electron chi connectivity index (χ2n) is 4.34. The van der Waals surface area contributed by atoms with E-state index in [2.05, 4.69) is 15.9 Å². The Morgan fingerprint density at radius 2 is 2.05 bits per heavy atom. The van der Waals surface area contributed by atoms with E-state index in [9.17, 15) is 10.1 Å². The molecule has 6 heteroatoms. The molecular weight excluding hydrogens is 340 g/mol. The fraction of sp³-hybridized carbons (Fsp3) is 0.143. The van der Waals surface area contributed by atoms with E-state index in [-0.39, 0.29) is 5.69 Å². The average molecular weight is 353 g/mol. The fourth-order valence-electron chi connectivity index (χ4n) is 1.67. The highest BCUT2D eigenvalue weighted by Crippen LogP contribution is 2.30. The van der Waals surface area contributed by atoms with Gasteiger partial charge in [-0.1, -0.05) is 22.0 Å². The van der Waals surface area contributed by atoms with E-state index >= 15 is 0 Å². The van der Waals surface area contributed by atoms with Crippen LogP contribution in [0.25, 0.3) is 0 Å². The van der Waals surface area contributed by atoms with E-state index in [0.29, 0.717) is 0 Å². The van der Waals surface area contributed by atoms with Crippen molar-refractivity contribution in [3.63, 3.8) is 0 Å². The maximum atomic E-state index is 10.7. The van der Waals surface area contributed by atoms with Gasteiger partial charge in [0.05, 0.1) is 4.92 Å². The summed E-state index contributed by atoms with van der Waals surface area (Å²) in [6.07, 6.45) is 0. The number of nitrogens with two attached hydrogens (primary N) is 1. The van der Waals surface area contributed by atoms with Crippen molar-refractivity contribution >= 4 is 39.1 Å². The number of nitrogens with zero attached hydrogens (tertiary/aromatic N) is 1. The zero-order chi connectivity index (χ0) is 14.7. The van der Waals surface area contributed by atoms with Gasteiger partial charge in [-0.25, -0.2) is 0 Å². The summed E-state index contributed by atoms with van der Waals surface area (Å²) in [5.41, 5.74) is 8.74. The predicted molar refractivity (Wildman–Crippen MR) is 85.9 cm³/mol. The van der Waals surface area contributed by atoms with Gasteiger partial charge in [0.15, 0.2) is 0 Å². The highest BCUT2D eigenvalue weighted by molar-refractivity contribution is 9.10. The lowest BCUT2D eigenvalue weighted by Gasteiger charge is -2.06. The fourth-order valence-corrected chi connectivity index (χ4v) is 3.36. The van der Waals surface area contributed by atoms with Gasteiger partial charge in [0.2, 0.25) is 0 Å². The van der Waals surface area contributed by atoms with Crippen molar-refractivity contribution in [3.8, 4) is 0 Å². The van der Waals surface area contributed by atoms with E-state index < -0.39 is 4.92 Å². The quantitative estimate of drug-likeness (QED) is 0.379. The van der Waals surface area contributed by atoms with Crippen LogP contribution in [-0.4, -0.2) is 4.92 Å². The minimum Gasteiger partial charge on any atom is -0.399 e. The smallest absolute Gasteiger partial charge is 0.270 e. The van der Waals surface area contributed by atoms with Crippen LogP contribution in [0.3, 0.4) is 0 Å². The zero-order valence-electron chi connectivity index (χ0n) is 10.8. The minimum atomic E-state index is -0.398. The van der Waals surface area contributed by atoms with Gasteiger partial charge < -0.3 is 5.73 Å². The number of benzene rings is 2. The largest absolute Gasteiger partial charge is 0.399 e. The van der Waals surface area contributed by atoms with Crippen LogP contribution in [-0.2, 0) is 5.75 Å². The molecule has 0 heterocycles. The first kappa shape index (κ1) is 14.9. The lowest BCUT2D eigenvalue weighted by molar-refractivity contribution is -0.384. The number of aryl methyl sites for hydroxylation is 1. The van der Waals surface area contributed by atoms with Crippen molar-refractivity contribution in [2.24, 2.45) is 0 Å². The van der Waals surface area contributed by atoms with Gasteiger partial charge in [-0.15, -0.1) is 11.8 Å². The number of non-ortho nitro benzene ring substituents is 1. The Hall–Kier alpha value is -1.53. The third-order valence-electron chi connectivity index (χ3n) is 2.88. The molecule has 0 aliphatic heterocycles. The maximum Gasteiger partial charge on any atom is 0.270 e. The van der Waals surface area contributed by atoms with Crippen molar-refractivity contribution in [2.75, 3.05) is 5.73 Å². The number of hydrogen-bond acceptors (Lipinski definition) is 4. The van der Waals surface area contributed by atoms with Crippen molar-refractivity contribution in [1.82, 2.24) is 0 Å². The molecule has 4 nitrogen and oxygen atoms in total.